The number of rotatable bonds is 6. The van der Waals surface area contributed by atoms with Gasteiger partial charge in [0.15, 0.2) is 17.3 Å². The van der Waals surface area contributed by atoms with E-state index in [0.717, 1.165) is 12.1 Å². The van der Waals surface area contributed by atoms with Crippen molar-refractivity contribution in [3.63, 3.8) is 0 Å². The zero-order valence-corrected chi connectivity index (χ0v) is 19.3. The van der Waals surface area contributed by atoms with E-state index < -0.39 is 23.4 Å². The SMILES string of the molecule is O=C(NCc1ccc(F)c(F)c1)c1cc(CBr)n2ccc(C(=O)Nc3ccccc3Cl)c2n1. The Morgan fingerprint density at radius 3 is 2.55 bits per heavy atom. The Morgan fingerprint density at radius 1 is 1.03 bits per heavy atom. The van der Waals surface area contributed by atoms with Crippen molar-refractivity contribution in [3.05, 3.63) is 100.0 Å². The number of carbonyl (C=O) groups is 2. The number of aromatic nitrogens is 2. The van der Waals surface area contributed by atoms with E-state index in [9.17, 15) is 18.4 Å². The van der Waals surface area contributed by atoms with E-state index in [0.29, 0.717) is 27.3 Å². The summed E-state index contributed by atoms with van der Waals surface area (Å²) in [6.07, 6.45) is 1.68. The second-order valence-electron chi connectivity index (χ2n) is 7.05. The number of para-hydroxylation sites is 1. The molecule has 2 amide bonds. The first-order valence-corrected chi connectivity index (χ1v) is 11.2. The number of amides is 2. The topological polar surface area (TPSA) is 75.5 Å². The van der Waals surface area contributed by atoms with Crippen LogP contribution in [-0.2, 0) is 11.9 Å². The molecule has 4 aromatic rings. The molecule has 0 aliphatic heterocycles. The summed E-state index contributed by atoms with van der Waals surface area (Å²) < 4.78 is 28.2. The molecule has 0 aliphatic rings. The highest BCUT2D eigenvalue weighted by Gasteiger charge is 2.19. The quantitative estimate of drug-likeness (QED) is 0.329. The summed E-state index contributed by atoms with van der Waals surface area (Å²) in [5.41, 5.74) is 2.15. The second kappa shape index (κ2) is 9.68. The lowest BCUT2D eigenvalue weighted by atomic mass is 10.2. The van der Waals surface area contributed by atoms with Gasteiger partial charge < -0.3 is 15.0 Å². The number of nitrogens with zero attached hydrogens (tertiary/aromatic N) is 2. The molecule has 33 heavy (non-hydrogen) atoms. The van der Waals surface area contributed by atoms with Gasteiger partial charge >= 0.3 is 0 Å². The minimum absolute atomic E-state index is 0.0204. The third-order valence-electron chi connectivity index (χ3n) is 4.87. The molecule has 168 valence electrons. The molecule has 4 rings (SSSR count). The number of anilines is 1. The van der Waals surface area contributed by atoms with Gasteiger partial charge in [-0.3, -0.25) is 9.59 Å². The number of hydrogen-bond donors (Lipinski definition) is 2. The highest BCUT2D eigenvalue weighted by atomic mass is 79.9. The van der Waals surface area contributed by atoms with Crippen molar-refractivity contribution in [1.82, 2.24) is 14.7 Å². The molecule has 2 N–H and O–H groups in total. The predicted octanol–water partition coefficient (Wildman–Crippen LogP) is 5.34. The molecular weight excluding hydrogens is 518 g/mol. The van der Waals surface area contributed by atoms with Crippen LogP contribution in [0.4, 0.5) is 14.5 Å². The predicted molar refractivity (Wildman–Crippen MR) is 125 cm³/mol. The summed E-state index contributed by atoms with van der Waals surface area (Å²) in [6, 6.07) is 13.4. The Bertz CT molecular complexity index is 1380. The lowest BCUT2D eigenvalue weighted by Gasteiger charge is -2.10. The van der Waals surface area contributed by atoms with Crippen molar-refractivity contribution in [2.75, 3.05) is 5.32 Å². The molecule has 6 nitrogen and oxygen atoms in total. The molecule has 0 bridgehead atoms. The van der Waals surface area contributed by atoms with Gasteiger partial charge in [0, 0.05) is 23.8 Å². The van der Waals surface area contributed by atoms with E-state index in [1.807, 2.05) is 0 Å². The van der Waals surface area contributed by atoms with Crippen molar-refractivity contribution in [1.29, 1.82) is 0 Å². The van der Waals surface area contributed by atoms with E-state index in [-0.39, 0.29) is 23.4 Å². The van der Waals surface area contributed by atoms with E-state index in [2.05, 4.69) is 31.5 Å². The zero-order valence-electron chi connectivity index (χ0n) is 16.9. The fourth-order valence-electron chi connectivity index (χ4n) is 3.21. The molecule has 0 saturated carbocycles. The van der Waals surface area contributed by atoms with Gasteiger partial charge in [-0.25, -0.2) is 13.8 Å². The highest BCUT2D eigenvalue weighted by molar-refractivity contribution is 9.08. The summed E-state index contributed by atoms with van der Waals surface area (Å²) in [4.78, 5) is 30.0. The van der Waals surface area contributed by atoms with Crippen LogP contribution in [0.3, 0.4) is 0 Å². The number of benzene rings is 2. The Morgan fingerprint density at radius 2 is 1.82 bits per heavy atom. The van der Waals surface area contributed by atoms with Crippen LogP contribution in [0, 0.1) is 11.6 Å². The molecule has 0 radical (unpaired) electrons. The van der Waals surface area contributed by atoms with E-state index in [4.69, 9.17) is 11.6 Å². The van der Waals surface area contributed by atoms with Gasteiger partial charge in [0.25, 0.3) is 11.8 Å². The second-order valence-corrected chi connectivity index (χ2v) is 8.02. The average molecular weight is 534 g/mol. The van der Waals surface area contributed by atoms with Gasteiger partial charge in [0.1, 0.15) is 5.69 Å². The maximum absolute atomic E-state index is 13.4. The monoisotopic (exact) mass is 532 g/mol. The number of nitrogens with one attached hydrogen (secondary N) is 2. The van der Waals surface area contributed by atoms with Gasteiger partial charge in [0.05, 0.1) is 16.3 Å². The van der Waals surface area contributed by atoms with E-state index >= 15 is 0 Å². The van der Waals surface area contributed by atoms with Gasteiger partial charge in [-0.2, -0.15) is 0 Å². The molecule has 0 spiro atoms. The lowest BCUT2D eigenvalue weighted by Crippen LogP contribution is -2.25. The minimum Gasteiger partial charge on any atom is -0.347 e. The molecule has 2 aromatic heterocycles. The molecule has 10 heteroatoms. The van der Waals surface area contributed by atoms with Crippen LogP contribution in [0.5, 0.6) is 0 Å². The third kappa shape index (κ3) is 4.89. The number of fused-ring (bicyclic) bond motifs is 1. The first kappa shape index (κ1) is 22.9. The van der Waals surface area contributed by atoms with Crippen LogP contribution < -0.4 is 10.6 Å². The minimum atomic E-state index is -0.995. The van der Waals surface area contributed by atoms with Crippen LogP contribution in [0.1, 0.15) is 32.1 Å². The van der Waals surface area contributed by atoms with Crippen molar-refractivity contribution >= 4 is 50.7 Å². The molecule has 0 atom stereocenters. The van der Waals surface area contributed by atoms with Gasteiger partial charge in [-0.1, -0.05) is 45.7 Å². The first-order chi connectivity index (χ1) is 15.9. The molecule has 0 fully saturated rings. The maximum Gasteiger partial charge on any atom is 0.270 e. The van der Waals surface area contributed by atoms with Crippen LogP contribution in [0.25, 0.3) is 5.65 Å². The molecular formula is C23H16BrClF2N4O2. The Balaban J connectivity index is 1.61. The Hall–Kier alpha value is -3.30. The molecule has 2 heterocycles. The Kier molecular flexibility index (Phi) is 6.71. The normalized spacial score (nSPS) is 10.9. The number of halogens is 4. The number of carbonyl (C=O) groups excluding carboxylic acids is 2. The fourth-order valence-corrected chi connectivity index (χ4v) is 3.83. The molecule has 0 unspecified atom stereocenters. The van der Waals surface area contributed by atoms with Crippen LogP contribution in [-0.4, -0.2) is 21.2 Å². The van der Waals surface area contributed by atoms with Crippen LogP contribution in [0.2, 0.25) is 5.02 Å². The van der Waals surface area contributed by atoms with Gasteiger partial charge in [-0.15, -0.1) is 0 Å². The van der Waals surface area contributed by atoms with Crippen molar-refractivity contribution in [3.8, 4) is 0 Å². The zero-order chi connectivity index (χ0) is 23.5. The maximum atomic E-state index is 13.4. The van der Waals surface area contributed by atoms with Crippen LogP contribution in [0.15, 0.2) is 60.8 Å². The standard InChI is InChI=1S/C23H16BrClF2N4O2/c24-11-14-10-20(23(33)28-12-13-5-6-17(26)18(27)9-13)29-21-15(7-8-31(14)21)22(32)30-19-4-2-1-3-16(19)25/h1-10H,11-12H2,(H,28,33)(H,30,32). The third-order valence-corrected chi connectivity index (χ3v) is 5.78. The number of hydrogen-bond acceptors (Lipinski definition) is 3. The number of alkyl halides is 1. The largest absolute Gasteiger partial charge is 0.347 e. The van der Waals surface area contributed by atoms with Crippen LogP contribution >= 0.6 is 27.5 Å². The van der Waals surface area contributed by atoms with Crippen molar-refractivity contribution in [2.45, 2.75) is 11.9 Å². The average Bonchev–Trinajstić information content (AvgIpc) is 3.24. The van der Waals surface area contributed by atoms with Gasteiger partial charge in [0.2, 0.25) is 0 Å². The summed E-state index contributed by atoms with van der Waals surface area (Å²) in [5, 5.41) is 6.17. The summed E-state index contributed by atoms with van der Waals surface area (Å²) in [5.74, 6) is -2.92. The van der Waals surface area contributed by atoms with Crippen molar-refractivity contribution < 1.29 is 18.4 Å². The first-order valence-electron chi connectivity index (χ1n) is 9.72. The van der Waals surface area contributed by atoms with Gasteiger partial charge in [-0.05, 0) is 42.0 Å². The lowest BCUT2D eigenvalue weighted by molar-refractivity contribution is 0.0944. The van der Waals surface area contributed by atoms with Crippen molar-refractivity contribution in [2.24, 2.45) is 0 Å². The van der Waals surface area contributed by atoms with E-state index in [1.165, 1.54) is 6.07 Å². The molecule has 0 aliphatic carbocycles. The molecule has 2 aromatic carbocycles. The Labute approximate surface area is 200 Å². The van der Waals surface area contributed by atoms with E-state index in [1.54, 1.807) is 47.0 Å². The summed E-state index contributed by atoms with van der Waals surface area (Å²) in [6.45, 7) is -0.0204. The summed E-state index contributed by atoms with van der Waals surface area (Å²) in [7, 11) is 0. The highest BCUT2D eigenvalue weighted by Crippen LogP contribution is 2.23. The fraction of sp³-hybridized carbons (Fsp3) is 0.0870. The molecule has 0 saturated heterocycles. The summed E-state index contributed by atoms with van der Waals surface area (Å²) >= 11 is 9.51. The smallest absolute Gasteiger partial charge is 0.270 e.